The third-order valence-corrected chi connectivity index (χ3v) is 9.57. The van der Waals surface area contributed by atoms with Crippen molar-refractivity contribution < 1.29 is 9.53 Å². The third-order valence-electron chi connectivity index (χ3n) is 7.60. The van der Waals surface area contributed by atoms with Crippen molar-refractivity contribution in [2.45, 2.75) is 50.2 Å². The van der Waals surface area contributed by atoms with E-state index in [-0.39, 0.29) is 11.9 Å². The van der Waals surface area contributed by atoms with Crippen LogP contribution >= 0.6 is 34.5 Å². The fourth-order valence-electron chi connectivity index (χ4n) is 5.38. The minimum Gasteiger partial charge on any atom is -0.496 e. The maximum absolute atomic E-state index is 14.2. The van der Waals surface area contributed by atoms with E-state index >= 15 is 0 Å². The molecular weight excluding hydrogens is 535 g/mol. The molecule has 4 aromatic rings. The number of fused-ring (bicyclic) bond motifs is 1. The molecule has 1 aromatic heterocycles. The Hall–Kier alpha value is -2.57. The summed E-state index contributed by atoms with van der Waals surface area (Å²) in [5.74, 6) is 1.25. The number of methoxy groups -OCH3 is 1. The molecule has 0 radical (unpaired) electrons. The van der Waals surface area contributed by atoms with Crippen molar-refractivity contribution in [1.82, 2.24) is 10.2 Å². The molecule has 1 amide bonds. The smallest absolute Gasteiger partial charge is 0.266 e. The predicted octanol–water partition coefficient (Wildman–Crippen LogP) is 8.14. The summed E-state index contributed by atoms with van der Waals surface area (Å²) < 4.78 is 6.79. The number of carbonyl (C=O) groups excluding carboxylic acids is 1. The molecule has 198 valence electrons. The van der Waals surface area contributed by atoms with E-state index in [1.54, 1.807) is 7.11 Å². The summed E-state index contributed by atoms with van der Waals surface area (Å²) in [7, 11) is 3.70. The van der Waals surface area contributed by atoms with Crippen LogP contribution in [0.15, 0.2) is 66.7 Å². The van der Waals surface area contributed by atoms with E-state index in [0.717, 1.165) is 63.8 Å². The van der Waals surface area contributed by atoms with Gasteiger partial charge in [0.2, 0.25) is 0 Å². The van der Waals surface area contributed by atoms with E-state index in [1.165, 1.54) is 11.3 Å². The van der Waals surface area contributed by atoms with Gasteiger partial charge in [-0.25, -0.2) is 0 Å². The molecular formula is C31H32Cl2N2O2S. The first-order valence-corrected chi connectivity index (χ1v) is 14.7. The number of halogens is 2. The van der Waals surface area contributed by atoms with Crippen LogP contribution in [0.2, 0.25) is 5.02 Å². The van der Waals surface area contributed by atoms with Crippen LogP contribution in [0.5, 0.6) is 5.75 Å². The largest absolute Gasteiger partial charge is 0.496 e. The Morgan fingerprint density at radius 1 is 1.03 bits per heavy atom. The van der Waals surface area contributed by atoms with Crippen molar-refractivity contribution in [3.63, 3.8) is 0 Å². The standard InChI is InChI=1S/C31H32Cl2N2O2S/c1-34-24-12-14-25(15-13-24)35(31(36)30-29(33)26-5-3-4-6-28(26)38-30)19-23-17-22(11-16-27(23)37-2)21-9-7-20(18-32)8-10-21/h3-11,16-17,24-25,34H,12-15,18-19H2,1-2H3. The van der Waals surface area contributed by atoms with Gasteiger partial charge in [-0.2, -0.15) is 0 Å². The highest BCUT2D eigenvalue weighted by molar-refractivity contribution is 7.21. The van der Waals surface area contributed by atoms with Crippen molar-refractivity contribution in [3.8, 4) is 16.9 Å². The predicted molar refractivity (Wildman–Crippen MR) is 160 cm³/mol. The molecule has 38 heavy (non-hydrogen) atoms. The molecule has 4 nitrogen and oxygen atoms in total. The average molecular weight is 568 g/mol. The highest BCUT2D eigenvalue weighted by Gasteiger charge is 2.32. The Morgan fingerprint density at radius 2 is 1.74 bits per heavy atom. The molecule has 0 spiro atoms. The fourth-order valence-corrected chi connectivity index (χ4v) is 7.02. The molecule has 0 bridgehead atoms. The lowest BCUT2D eigenvalue weighted by atomic mass is 9.89. The highest BCUT2D eigenvalue weighted by atomic mass is 35.5. The van der Waals surface area contributed by atoms with Crippen LogP contribution in [-0.4, -0.2) is 37.0 Å². The summed E-state index contributed by atoms with van der Waals surface area (Å²) >= 11 is 14.3. The Morgan fingerprint density at radius 3 is 2.39 bits per heavy atom. The lowest BCUT2D eigenvalue weighted by molar-refractivity contribution is 0.0604. The van der Waals surface area contributed by atoms with Gasteiger partial charge in [0.05, 0.1) is 12.1 Å². The quantitative estimate of drug-likeness (QED) is 0.219. The van der Waals surface area contributed by atoms with E-state index in [2.05, 4.69) is 29.6 Å². The Labute approximate surface area is 238 Å². The molecule has 1 aliphatic rings. The van der Waals surface area contributed by atoms with Crippen LogP contribution in [0.4, 0.5) is 0 Å². The van der Waals surface area contributed by atoms with Crippen molar-refractivity contribution >= 4 is 50.5 Å². The number of ether oxygens (including phenoxy) is 1. The van der Waals surface area contributed by atoms with E-state index < -0.39 is 0 Å². The fraction of sp³-hybridized carbons (Fsp3) is 0.323. The van der Waals surface area contributed by atoms with Gasteiger partial charge in [-0.15, -0.1) is 22.9 Å². The number of amides is 1. The molecule has 1 aliphatic carbocycles. The molecule has 0 atom stereocenters. The number of rotatable bonds is 8. The highest BCUT2D eigenvalue weighted by Crippen LogP contribution is 2.38. The molecule has 1 heterocycles. The van der Waals surface area contributed by atoms with Gasteiger partial charge in [0.25, 0.3) is 5.91 Å². The summed E-state index contributed by atoms with van der Waals surface area (Å²) in [6, 6.07) is 23.0. The Kier molecular flexibility index (Phi) is 8.59. The zero-order valence-corrected chi connectivity index (χ0v) is 24.0. The molecule has 0 aliphatic heterocycles. The molecule has 1 fully saturated rings. The SMILES string of the molecule is CNC1CCC(N(Cc2cc(-c3ccc(CCl)cc3)ccc2OC)C(=O)c2sc3ccccc3c2Cl)CC1. The van der Waals surface area contributed by atoms with Gasteiger partial charge >= 0.3 is 0 Å². The van der Waals surface area contributed by atoms with Gasteiger partial charge < -0.3 is 15.0 Å². The number of nitrogens with zero attached hydrogens (tertiary/aromatic N) is 1. The van der Waals surface area contributed by atoms with Crippen LogP contribution in [-0.2, 0) is 12.4 Å². The first kappa shape index (κ1) is 27.0. The van der Waals surface area contributed by atoms with Gasteiger partial charge in [-0.05, 0) is 67.6 Å². The topological polar surface area (TPSA) is 41.6 Å². The zero-order valence-electron chi connectivity index (χ0n) is 21.7. The molecule has 5 rings (SSSR count). The second kappa shape index (κ2) is 12.1. The summed E-state index contributed by atoms with van der Waals surface area (Å²) in [6.07, 6.45) is 3.97. The molecule has 1 N–H and O–H groups in total. The second-order valence-electron chi connectivity index (χ2n) is 9.83. The lowest BCUT2D eigenvalue weighted by Gasteiger charge is -2.37. The van der Waals surface area contributed by atoms with Gasteiger partial charge in [0.15, 0.2) is 0 Å². The number of benzene rings is 3. The van der Waals surface area contributed by atoms with E-state index in [9.17, 15) is 4.79 Å². The summed E-state index contributed by atoms with van der Waals surface area (Å²) in [5.41, 5.74) is 4.24. The van der Waals surface area contributed by atoms with Gasteiger partial charge in [-0.3, -0.25) is 4.79 Å². The van der Waals surface area contributed by atoms with Crippen LogP contribution < -0.4 is 10.1 Å². The van der Waals surface area contributed by atoms with Gasteiger partial charge in [0, 0.05) is 40.2 Å². The maximum atomic E-state index is 14.2. The van der Waals surface area contributed by atoms with Crippen LogP contribution in [0, 0.1) is 0 Å². The van der Waals surface area contributed by atoms with E-state index in [1.807, 2.05) is 54.4 Å². The Balaban J connectivity index is 1.51. The maximum Gasteiger partial charge on any atom is 0.266 e. The number of thiophene rings is 1. The molecule has 1 saturated carbocycles. The molecule has 0 unspecified atom stereocenters. The van der Waals surface area contributed by atoms with Gasteiger partial charge in [-0.1, -0.05) is 60.1 Å². The van der Waals surface area contributed by atoms with Crippen LogP contribution in [0.25, 0.3) is 21.2 Å². The first-order chi connectivity index (χ1) is 18.5. The number of hydrogen-bond donors (Lipinski definition) is 1. The van der Waals surface area contributed by atoms with Gasteiger partial charge in [0.1, 0.15) is 10.6 Å². The third kappa shape index (κ3) is 5.57. The Bertz CT molecular complexity index is 1410. The minimum absolute atomic E-state index is 0.0111. The van der Waals surface area contributed by atoms with Crippen molar-refractivity contribution in [3.05, 3.63) is 87.8 Å². The number of alkyl halides is 1. The average Bonchev–Trinajstić information content (AvgIpc) is 3.32. The summed E-state index contributed by atoms with van der Waals surface area (Å²) in [5, 5.41) is 4.88. The van der Waals surface area contributed by atoms with E-state index in [4.69, 9.17) is 27.9 Å². The monoisotopic (exact) mass is 566 g/mol. The summed E-state index contributed by atoms with van der Waals surface area (Å²) in [4.78, 5) is 16.8. The number of nitrogens with one attached hydrogen (secondary N) is 1. The molecule has 7 heteroatoms. The normalized spacial score (nSPS) is 17.5. The first-order valence-electron chi connectivity index (χ1n) is 13.0. The van der Waals surface area contributed by atoms with Crippen LogP contribution in [0.1, 0.15) is 46.5 Å². The van der Waals surface area contributed by atoms with Crippen LogP contribution in [0.3, 0.4) is 0 Å². The minimum atomic E-state index is -0.0111. The molecule has 0 saturated heterocycles. The van der Waals surface area contributed by atoms with Crippen molar-refractivity contribution in [1.29, 1.82) is 0 Å². The lowest BCUT2D eigenvalue weighted by Crippen LogP contribution is -2.44. The zero-order chi connectivity index (χ0) is 26.6. The summed E-state index contributed by atoms with van der Waals surface area (Å²) in [6.45, 7) is 0.453. The number of carbonyl (C=O) groups is 1. The molecule has 3 aromatic carbocycles. The van der Waals surface area contributed by atoms with E-state index in [0.29, 0.717) is 28.4 Å². The van der Waals surface area contributed by atoms with Crippen molar-refractivity contribution in [2.75, 3.05) is 14.2 Å². The second-order valence-corrected chi connectivity index (χ2v) is 11.5. The number of hydrogen-bond acceptors (Lipinski definition) is 4. The van der Waals surface area contributed by atoms with Crippen molar-refractivity contribution in [2.24, 2.45) is 0 Å².